The van der Waals surface area contributed by atoms with Crippen molar-refractivity contribution in [1.82, 2.24) is 15.4 Å². The van der Waals surface area contributed by atoms with Crippen LogP contribution in [0, 0.1) is 0 Å². The van der Waals surface area contributed by atoms with Crippen molar-refractivity contribution in [2.75, 3.05) is 7.11 Å². The van der Waals surface area contributed by atoms with Crippen LogP contribution >= 0.6 is 11.3 Å². The number of hydrazine groups is 1. The number of amides is 2. The van der Waals surface area contributed by atoms with Crippen molar-refractivity contribution in [3.8, 4) is 11.4 Å². The number of aromatic nitrogens is 1. The molecule has 0 fully saturated rings. The van der Waals surface area contributed by atoms with Crippen molar-refractivity contribution >= 4 is 23.2 Å². The highest BCUT2D eigenvalue weighted by molar-refractivity contribution is 7.12. The molecule has 122 valence electrons. The predicted octanol–water partition coefficient (Wildman–Crippen LogP) is 2.62. The van der Waals surface area contributed by atoms with Crippen LogP contribution in [0.1, 0.15) is 20.0 Å². The molecule has 7 heteroatoms. The number of benzene rings is 1. The number of hydrogen-bond donors (Lipinski definition) is 2. The number of ether oxygens (including phenoxy) is 1. The Bertz CT molecular complexity index is 838. The highest BCUT2D eigenvalue weighted by Crippen LogP contribution is 2.21. The summed E-state index contributed by atoms with van der Waals surface area (Å²) in [7, 11) is 1.55. The number of thiophene rings is 1. The average molecular weight is 341 g/mol. The SMILES string of the molecule is COc1ccc(C(=O)NNC(=O)c2sccc2-n2cccc2)cc1. The highest BCUT2D eigenvalue weighted by Gasteiger charge is 2.15. The van der Waals surface area contributed by atoms with Crippen molar-refractivity contribution < 1.29 is 14.3 Å². The minimum atomic E-state index is -0.398. The van der Waals surface area contributed by atoms with Gasteiger partial charge in [0.2, 0.25) is 0 Å². The molecule has 2 heterocycles. The normalized spacial score (nSPS) is 10.2. The summed E-state index contributed by atoms with van der Waals surface area (Å²) in [4.78, 5) is 24.9. The molecule has 0 spiro atoms. The molecule has 0 unspecified atom stereocenters. The van der Waals surface area contributed by atoms with Crippen LogP contribution in [0.5, 0.6) is 5.75 Å². The molecule has 1 aromatic carbocycles. The third-order valence-electron chi connectivity index (χ3n) is 3.38. The van der Waals surface area contributed by atoms with Gasteiger partial charge in [-0.25, -0.2) is 0 Å². The van der Waals surface area contributed by atoms with Crippen LogP contribution in [0.15, 0.2) is 60.2 Å². The van der Waals surface area contributed by atoms with Crippen LogP contribution in [0.25, 0.3) is 5.69 Å². The maximum Gasteiger partial charge on any atom is 0.281 e. The number of nitrogens with one attached hydrogen (secondary N) is 2. The second-order valence-electron chi connectivity index (χ2n) is 4.86. The number of carbonyl (C=O) groups is 2. The Morgan fingerprint density at radius 2 is 1.67 bits per heavy atom. The summed E-state index contributed by atoms with van der Waals surface area (Å²) in [6.07, 6.45) is 3.71. The summed E-state index contributed by atoms with van der Waals surface area (Å²) in [6, 6.07) is 12.2. The molecule has 2 N–H and O–H groups in total. The standard InChI is InChI=1S/C17H15N3O3S/c1-23-13-6-4-12(5-7-13)16(21)18-19-17(22)15-14(8-11-24-15)20-9-2-3-10-20/h2-11H,1H3,(H,18,21)(H,19,22). The lowest BCUT2D eigenvalue weighted by molar-refractivity contribution is 0.0849. The molecule has 0 atom stereocenters. The van der Waals surface area contributed by atoms with Gasteiger partial charge in [-0.2, -0.15) is 0 Å². The van der Waals surface area contributed by atoms with Crippen LogP contribution in [0.4, 0.5) is 0 Å². The number of hydrogen-bond acceptors (Lipinski definition) is 4. The lowest BCUT2D eigenvalue weighted by Gasteiger charge is -2.09. The molecule has 0 aliphatic carbocycles. The Kier molecular flexibility index (Phi) is 4.62. The Balaban J connectivity index is 1.65. The van der Waals surface area contributed by atoms with Gasteiger partial charge in [-0.15, -0.1) is 11.3 Å². The van der Waals surface area contributed by atoms with Crippen molar-refractivity contribution in [2.45, 2.75) is 0 Å². The first-order valence-corrected chi connectivity index (χ1v) is 8.02. The van der Waals surface area contributed by atoms with Gasteiger partial charge in [0.25, 0.3) is 11.8 Å². The first kappa shape index (κ1) is 15.8. The Morgan fingerprint density at radius 3 is 2.33 bits per heavy atom. The van der Waals surface area contributed by atoms with Crippen molar-refractivity contribution in [2.24, 2.45) is 0 Å². The fourth-order valence-electron chi connectivity index (χ4n) is 2.16. The topological polar surface area (TPSA) is 72.4 Å². The molecule has 24 heavy (non-hydrogen) atoms. The molecule has 0 aliphatic rings. The van der Waals surface area contributed by atoms with Gasteiger partial charge in [-0.1, -0.05) is 0 Å². The van der Waals surface area contributed by atoms with Crippen molar-refractivity contribution in [3.05, 3.63) is 70.7 Å². The molecule has 0 radical (unpaired) electrons. The van der Waals surface area contributed by atoms with E-state index >= 15 is 0 Å². The molecule has 3 rings (SSSR count). The molecule has 2 amide bonds. The average Bonchev–Trinajstić information content (AvgIpc) is 3.30. The van der Waals surface area contributed by atoms with E-state index in [9.17, 15) is 9.59 Å². The third kappa shape index (κ3) is 3.31. The lowest BCUT2D eigenvalue weighted by Crippen LogP contribution is -2.41. The van der Waals surface area contributed by atoms with E-state index in [0.717, 1.165) is 5.69 Å². The van der Waals surface area contributed by atoms with E-state index in [4.69, 9.17) is 4.74 Å². The molecule has 0 saturated carbocycles. The van der Waals surface area contributed by atoms with E-state index in [1.807, 2.05) is 40.5 Å². The van der Waals surface area contributed by atoms with Crippen LogP contribution in [-0.2, 0) is 0 Å². The fourth-order valence-corrected chi connectivity index (χ4v) is 2.94. The summed E-state index contributed by atoms with van der Waals surface area (Å²) < 4.78 is 6.89. The monoisotopic (exact) mass is 341 g/mol. The van der Waals surface area contributed by atoms with E-state index in [1.165, 1.54) is 11.3 Å². The zero-order chi connectivity index (χ0) is 16.9. The zero-order valence-electron chi connectivity index (χ0n) is 12.9. The predicted molar refractivity (Wildman–Crippen MR) is 91.6 cm³/mol. The van der Waals surface area contributed by atoms with Gasteiger partial charge in [0.15, 0.2) is 0 Å². The molecule has 2 aromatic heterocycles. The van der Waals surface area contributed by atoms with Crippen LogP contribution in [0.3, 0.4) is 0 Å². The van der Waals surface area contributed by atoms with Gasteiger partial charge >= 0.3 is 0 Å². The second kappa shape index (κ2) is 7.01. The number of nitrogens with zero attached hydrogens (tertiary/aromatic N) is 1. The minimum absolute atomic E-state index is 0.365. The summed E-state index contributed by atoms with van der Waals surface area (Å²) in [5.41, 5.74) is 6.05. The molecule has 0 aliphatic heterocycles. The van der Waals surface area contributed by atoms with Gasteiger partial charge in [-0.05, 0) is 47.8 Å². The van der Waals surface area contributed by atoms with Crippen LogP contribution in [0.2, 0.25) is 0 Å². The molecule has 0 bridgehead atoms. The fraction of sp³-hybridized carbons (Fsp3) is 0.0588. The van der Waals surface area contributed by atoms with Gasteiger partial charge in [-0.3, -0.25) is 20.4 Å². The summed E-state index contributed by atoms with van der Waals surface area (Å²) in [5.74, 6) is -0.105. The Morgan fingerprint density at radius 1 is 1.00 bits per heavy atom. The molecule has 3 aromatic rings. The smallest absolute Gasteiger partial charge is 0.281 e. The Labute approximate surface area is 142 Å². The zero-order valence-corrected chi connectivity index (χ0v) is 13.7. The van der Waals surface area contributed by atoms with Gasteiger partial charge in [0.05, 0.1) is 12.8 Å². The first-order chi connectivity index (χ1) is 11.7. The van der Waals surface area contributed by atoms with E-state index < -0.39 is 5.91 Å². The minimum Gasteiger partial charge on any atom is -0.497 e. The molecule has 6 nitrogen and oxygen atoms in total. The molecular formula is C17H15N3O3S. The second-order valence-corrected chi connectivity index (χ2v) is 5.78. The Hall–Kier alpha value is -3.06. The highest BCUT2D eigenvalue weighted by atomic mass is 32.1. The summed E-state index contributed by atoms with van der Waals surface area (Å²) in [5, 5.41) is 1.83. The van der Waals surface area contributed by atoms with Gasteiger partial charge in [0, 0.05) is 18.0 Å². The first-order valence-electron chi connectivity index (χ1n) is 7.14. The molecule has 0 saturated heterocycles. The van der Waals surface area contributed by atoms with Gasteiger partial charge in [0.1, 0.15) is 10.6 Å². The number of rotatable bonds is 4. The van der Waals surface area contributed by atoms with E-state index in [-0.39, 0.29) is 5.91 Å². The largest absolute Gasteiger partial charge is 0.497 e. The van der Waals surface area contributed by atoms with Crippen LogP contribution in [-0.4, -0.2) is 23.5 Å². The van der Waals surface area contributed by atoms with Crippen molar-refractivity contribution in [1.29, 1.82) is 0 Å². The van der Waals surface area contributed by atoms with E-state index in [2.05, 4.69) is 10.9 Å². The quantitative estimate of drug-likeness (QED) is 0.717. The number of carbonyl (C=O) groups excluding carboxylic acids is 2. The van der Waals surface area contributed by atoms with Crippen molar-refractivity contribution in [3.63, 3.8) is 0 Å². The number of methoxy groups -OCH3 is 1. The maximum absolute atomic E-state index is 12.3. The third-order valence-corrected chi connectivity index (χ3v) is 4.28. The van der Waals surface area contributed by atoms with E-state index in [0.29, 0.717) is 16.2 Å². The maximum atomic E-state index is 12.3. The van der Waals surface area contributed by atoms with Gasteiger partial charge < -0.3 is 9.30 Å². The summed E-state index contributed by atoms with van der Waals surface area (Å²) in [6.45, 7) is 0. The summed E-state index contributed by atoms with van der Waals surface area (Å²) >= 11 is 1.31. The lowest BCUT2D eigenvalue weighted by atomic mass is 10.2. The molecular weight excluding hydrogens is 326 g/mol. The van der Waals surface area contributed by atoms with E-state index in [1.54, 1.807) is 31.4 Å². The van der Waals surface area contributed by atoms with Crippen LogP contribution < -0.4 is 15.6 Å².